The summed E-state index contributed by atoms with van der Waals surface area (Å²) >= 11 is 1.10. The highest BCUT2D eigenvalue weighted by Crippen LogP contribution is 2.39. The maximum Gasteiger partial charge on any atom is 0.434 e. The van der Waals surface area contributed by atoms with Crippen LogP contribution in [-0.4, -0.2) is 49.9 Å². The van der Waals surface area contributed by atoms with Crippen LogP contribution in [0, 0.1) is 0 Å². The molecule has 2 aromatic carbocycles. The van der Waals surface area contributed by atoms with Gasteiger partial charge in [-0.25, -0.2) is 23.1 Å². The largest absolute Gasteiger partial charge is 0.497 e. The summed E-state index contributed by atoms with van der Waals surface area (Å²) in [7, 11) is 0.213. The molecule has 3 rings (SSSR count). The number of methoxy groups -OCH3 is 2. The molecule has 1 atom stereocenters. The first-order valence-electron chi connectivity index (χ1n) is 9.09. The van der Waals surface area contributed by atoms with Crippen LogP contribution in [0.4, 0.5) is 24.7 Å². The molecular formula is C19H18F3IN4O5S. The van der Waals surface area contributed by atoms with Gasteiger partial charge in [0.2, 0.25) is 14.1 Å². The van der Waals surface area contributed by atoms with E-state index in [1.807, 2.05) is 0 Å². The van der Waals surface area contributed by atoms with Crippen molar-refractivity contribution in [3.63, 3.8) is 0 Å². The Kier molecular flexibility index (Phi) is 7.38. The Balaban J connectivity index is 2.16. The van der Waals surface area contributed by atoms with E-state index in [4.69, 9.17) is 14.2 Å². The number of halogens is 4. The standard InChI is InChI=1S/C19H18F3IN4O5S/c1-24-33(28,29)11-4-5-14(32-18(23)19(20,21)22)12(8-11)27-17-16-13(25-9-26-17)6-10(30-2)7-15(16)31-3/h4-9,18,24H,1-3H3,(H,25,26,27). The first kappa shape index (κ1) is 25.0. The molecule has 3 aromatic rings. The summed E-state index contributed by atoms with van der Waals surface area (Å²) in [6.45, 7) is 0. The zero-order chi connectivity index (χ0) is 24.4. The smallest absolute Gasteiger partial charge is 0.434 e. The van der Waals surface area contributed by atoms with E-state index in [0.29, 0.717) is 22.4 Å². The van der Waals surface area contributed by atoms with Gasteiger partial charge in [-0.05, 0) is 47.8 Å². The molecule has 0 saturated carbocycles. The monoisotopic (exact) mass is 598 g/mol. The zero-order valence-corrected chi connectivity index (χ0v) is 20.4. The average molecular weight is 598 g/mol. The van der Waals surface area contributed by atoms with Crippen molar-refractivity contribution in [1.29, 1.82) is 0 Å². The van der Waals surface area contributed by atoms with Crippen molar-refractivity contribution in [2.75, 3.05) is 26.6 Å². The fraction of sp³-hybridized carbons (Fsp3) is 0.263. The van der Waals surface area contributed by atoms with Crippen molar-refractivity contribution < 1.29 is 35.8 Å². The van der Waals surface area contributed by atoms with Crippen LogP contribution in [0.15, 0.2) is 41.6 Å². The Morgan fingerprint density at radius 3 is 2.39 bits per heavy atom. The number of alkyl halides is 4. The highest BCUT2D eigenvalue weighted by molar-refractivity contribution is 14.1. The first-order valence-corrected chi connectivity index (χ1v) is 11.8. The summed E-state index contributed by atoms with van der Waals surface area (Å²) < 4.78 is 79.5. The van der Waals surface area contributed by atoms with Gasteiger partial charge in [-0.3, -0.25) is 0 Å². The van der Waals surface area contributed by atoms with Crippen LogP contribution in [-0.2, 0) is 10.0 Å². The summed E-state index contributed by atoms with van der Waals surface area (Å²) in [4.78, 5) is 8.14. The number of hydrogen-bond donors (Lipinski definition) is 2. The molecule has 1 heterocycles. The molecule has 0 bridgehead atoms. The minimum Gasteiger partial charge on any atom is -0.497 e. The number of aromatic nitrogens is 2. The van der Waals surface area contributed by atoms with Gasteiger partial charge in [0.25, 0.3) is 0 Å². The Labute approximate surface area is 200 Å². The maximum absolute atomic E-state index is 13.1. The predicted octanol–water partition coefficient (Wildman–Crippen LogP) is 4.00. The lowest BCUT2D eigenvalue weighted by Crippen LogP contribution is -2.28. The second kappa shape index (κ2) is 9.72. The zero-order valence-electron chi connectivity index (χ0n) is 17.4. The lowest BCUT2D eigenvalue weighted by atomic mass is 10.2. The molecule has 0 aliphatic carbocycles. The van der Waals surface area contributed by atoms with Crippen LogP contribution < -0.4 is 24.2 Å². The van der Waals surface area contributed by atoms with Gasteiger partial charge in [-0.2, -0.15) is 13.2 Å². The summed E-state index contributed by atoms with van der Waals surface area (Å²) in [5.74, 6) is 0.713. The van der Waals surface area contributed by atoms with Crippen LogP contribution in [0.5, 0.6) is 17.2 Å². The number of benzene rings is 2. The number of hydrogen-bond acceptors (Lipinski definition) is 8. The summed E-state index contributed by atoms with van der Waals surface area (Å²) in [5.41, 5.74) is 0.363. The lowest BCUT2D eigenvalue weighted by molar-refractivity contribution is -0.160. The summed E-state index contributed by atoms with van der Waals surface area (Å²) in [6, 6.07) is 6.61. The molecule has 1 unspecified atom stereocenters. The molecule has 0 amide bonds. The molecule has 14 heteroatoms. The molecule has 0 fully saturated rings. The topological polar surface area (TPSA) is 112 Å². The van der Waals surface area contributed by atoms with E-state index in [0.717, 1.165) is 40.8 Å². The third-order valence-electron chi connectivity index (χ3n) is 4.40. The molecule has 0 saturated heterocycles. The summed E-state index contributed by atoms with van der Waals surface area (Å²) in [5, 5.41) is 3.26. The van der Waals surface area contributed by atoms with E-state index >= 15 is 0 Å². The molecule has 9 nitrogen and oxygen atoms in total. The van der Waals surface area contributed by atoms with Gasteiger partial charge >= 0.3 is 6.18 Å². The molecule has 1 aromatic heterocycles. The van der Waals surface area contributed by atoms with Crippen LogP contribution in [0.25, 0.3) is 10.9 Å². The first-order chi connectivity index (χ1) is 15.5. The molecule has 0 aliphatic heterocycles. The van der Waals surface area contributed by atoms with Crippen molar-refractivity contribution in [3.8, 4) is 17.2 Å². The van der Waals surface area contributed by atoms with Gasteiger partial charge in [-0.15, -0.1) is 0 Å². The minimum atomic E-state index is -4.64. The van der Waals surface area contributed by atoms with Crippen LogP contribution in [0.2, 0.25) is 0 Å². The molecule has 0 radical (unpaired) electrons. The van der Waals surface area contributed by atoms with Gasteiger partial charge in [0.1, 0.15) is 29.4 Å². The number of rotatable bonds is 8. The number of anilines is 2. The number of fused-ring (bicyclic) bond motifs is 1. The second-order valence-corrected chi connectivity index (χ2v) is 9.43. The van der Waals surface area contributed by atoms with Crippen molar-refractivity contribution in [1.82, 2.24) is 14.7 Å². The fourth-order valence-corrected chi connectivity index (χ4v) is 3.83. The molecular weight excluding hydrogens is 580 g/mol. The highest BCUT2D eigenvalue weighted by atomic mass is 127. The normalized spacial score (nSPS) is 12.9. The molecule has 178 valence electrons. The molecule has 33 heavy (non-hydrogen) atoms. The average Bonchev–Trinajstić information content (AvgIpc) is 2.78. The Morgan fingerprint density at radius 1 is 1.06 bits per heavy atom. The van der Waals surface area contributed by atoms with Crippen LogP contribution in [0.1, 0.15) is 0 Å². The fourth-order valence-electron chi connectivity index (χ4n) is 2.80. The third kappa shape index (κ3) is 5.50. The van der Waals surface area contributed by atoms with E-state index in [1.165, 1.54) is 27.6 Å². The lowest BCUT2D eigenvalue weighted by Gasteiger charge is -2.20. The predicted molar refractivity (Wildman–Crippen MR) is 123 cm³/mol. The number of nitrogens with zero attached hydrogens (tertiary/aromatic N) is 2. The van der Waals surface area contributed by atoms with Gasteiger partial charge in [0, 0.05) is 12.1 Å². The van der Waals surface area contributed by atoms with Gasteiger partial charge in [0.15, 0.2) is 0 Å². The van der Waals surface area contributed by atoms with Gasteiger partial charge in [0.05, 0.1) is 35.7 Å². The van der Waals surface area contributed by atoms with E-state index in [1.54, 1.807) is 12.1 Å². The Bertz CT molecular complexity index is 1270. The van der Waals surface area contributed by atoms with E-state index in [-0.39, 0.29) is 22.2 Å². The van der Waals surface area contributed by atoms with E-state index in [9.17, 15) is 21.6 Å². The minimum absolute atomic E-state index is 0.0601. The quantitative estimate of drug-likeness (QED) is 0.296. The van der Waals surface area contributed by atoms with E-state index < -0.39 is 20.3 Å². The number of ether oxygens (including phenoxy) is 3. The maximum atomic E-state index is 13.1. The van der Waals surface area contributed by atoms with Gasteiger partial charge in [-0.1, -0.05) is 0 Å². The molecule has 0 spiro atoms. The number of nitrogens with one attached hydrogen (secondary N) is 2. The van der Waals surface area contributed by atoms with Crippen molar-refractivity contribution in [2.45, 2.75) is 15.2 Å². The highest BCUT2D eigenvalue weighted by Gasteiger charge is 2.40. The van der Waals surface area contributed by atoms with Crippen molar-refractivity contribution in [2.24, 2.45) is 0 Å². The molecule has 2 N–H and O–H groups in total. The summed E-state index contributed by atoms with van der Waals surface area (Å²) in [6.07, 6.45) is -3.41. The van der Waals surface area contributed by atoms with Crippen LogP contribution in [0.3, 0.4) is 0 Å². The van der Waals surface area contributed by atoms with Crippen molar-refractivity contribution >= 4 is 55.0 Å². The SMILES string of the molecule is CNS(=O)(=O)c1ccc(OC(I)C(F)(F)F)c(Nc2ncnc3cc(OC)cc(OC)c23)c1. The van der Waals surface area contributed by atoms with Crippen LogP contribution >= 0.6 is 22.6 Å². The molecule has 0 aliphatic rings. The number of sulfonamides is 1. The third-order valence-corrected chi connectivity index (χ3v) is 6.77. The Hall–Kier alpha value is -2.59. The Morgan fingerprint density at radius 2 is 1.79 bits per heavy atom. The van der Waals surface area contributed by atoms with Crippen molar-refractivity contribution in [3.05, 3.63) is 36.7 Å². The van der Waals surface area contributed by atoms with E-state index in [2.05, 4.69) is 20.0 Å². The second-order valence-electron chi connectivity index (χ2n) is 6.41. The van der Waals surface area contributed by atoms with Gasteiger partial charge < -0.3 is 19.5 Å².